The van der Waals surface area contributed by atoms with Crippen LogP contribution in [0.5, 0.6) is 0 Å². The van der Waals surface area contributed by atoms with Crippen LogP contribution in [0, 0.1) is 0 Å². The molecule has 0 bridgehead atoms. The van der Waals surface area contributed by atoms with E-state index in [-0.39, 0.29) is 49.2 Å². The topological polar surface area (TPSA) is 56.7 Å². The number of benzene rings is 7. The molecule has 0 aliphatic heterocycles. The highest BCUT2D eigenvalue weighted by atomic mass is 16.3. The third-order valence-corrected chi connectivity index (χ3v) is 10.3. The lowest BCUT2D eigenvalue weighted by Gasteiger charge is -2.21. The maximum Gasteiger partial charge on any atom is 0.164 e. The smallest absolute Gasteiger partial charge is 0.164 e. The van der Waals surface area contributed by atoms with Crippen molar-refractivity contribution in [1.82, 2.24) is 19.5 Å². The highest BCUT2D eigenvalue weighted by molar-refractivity contribution is 6.21. The maximum atomic E-state index is 9.34. The van der Waals surface area contributed by atoms with Crippen molar-refractivity contribution in [3.63, 3.8) is 0 Å². The van der Waals surface area contributed by atoms with Crippen molar-refractivity contribution in [3.8, 4) is 51.0 Å². The van der Waals surface area contributed by atoms with Crippen molar-refractivity contribution in [1.29, 1.82) is 0 Å². The van der Waals surface area contributed by atoms with Crippen molar-refractivity contribution in [2.75, 3.05) is 0 Å². The summed E-state index contributed by atoms with van der Waals surface area (Å²) in [6, 6.07) is 26.7. The monoisotopic (exact) mass is 690 g/mol. The Bertz CT molecular complexity index is 3670. The molecule has 11 rings (SSSR count). The Balaban J connectivity index is 1.20. The van der Waals surface area contributed by atoms with Crippen molar-refractivity contribution < 1.29 is 18.1 Å². The molecular weight excluding hydrogens is 649 g/mol. The van der Waals surface area contributed by atoms with Crippen LogP contribution in [0.1, 0.15) is 38.7 Å². The predicted octanol–water partition coefficient (Wildman–Crippen LogP) is 12.2. The number of aromatic nitrogens is 4. The zero-order valence-corrected chi connectivity index (χ0v) is 28.4. The molecule has 3 aromatic heterocycles. The molecule has 250 valence electrons. The van der Waals surface area contributed by atoms with Gasteiger partial charge in [-0.05, 0) is 58.6 Å². The van der Waals surface area contributed by atoms with E-state index in [1.807, 2.05) is 48.5 Å². The Morgan fingerprint density at radius 2 is 1.21 bits per heavy atom. The number of nitrogens with zero attached hydrogens (tertiary/aromatic N) is 4. The lowest BCUT2D eigenvalue weighted by atomic mass is 9.82. The minimum absolute atomic E-state index is 0.00436. The van der Waals surface area contributed by atoms with Gasteiger partial charge in [-0.1, -0.05) is 135 Å². The molecule has 3 heterocycles. The van der Waals surface area contributed by atoms with E-state index >= 15 is 0 Å². The van der Waals surface area contributed by atoms with E-state index in [1.54, 1.807) is 22.8 Å². The van der Waals surface area contributed by atoms with Gasteiger partial charge in [-0.2, -0.15) is 0 Å². The molecule has 1 aliphatic rings. The second kappa shape index (κ2) is 11.1. The van der Waals surface area contributed by atoms with Crippen LogP contribution in [0.15, 0.2) is 162 Å². The average Bonchev–Trinajstić information content (AvgIpc) is 3.95. The van der Waals surface area contributed by atoms with Crippen molar-refractivity contribution >= 4 is 43.7 Å². The molecule has 7 aromatic carbocycles. The molecule has 0 radical (unpaired) electrons. The molecule has 5 nitrogen and oxygen atoms in total. The standard InChI is InChI=1S/C48H32N4O/c1-48(2)39-20-9-6-17-33(39)34-24-23-31(28-40(34)48)47-50-45(29-13-4-3-5-14-29)49-46(51-47)30-15-12-16-32(27-30)52-41-21-10-7-18-35(41)37-25-26-38-36-19-8-11-22-42(36)53-44(38)43(37)52/h3-28H,1-2H3/i7D,8D,10D,11D,18D,19D,21D,22D,25D,26D. The molecule has 53 heavy (non-hydrogen) atoms. The summed E-state index contributed by atoms with van der Waals surface area (Å²) in [4.78, 5) is 15.0. The SMILES string of the molecule is [2H]c1c([2H])c([2H])c2c(oc3c2c([2H])c([2H])c2c4c([2H])c([2H])c([2H])c([2H])c4n(-c4cccc(-c5nc(-c6ccccc6)nc(-c6ccc7c(c6)C(C)(C)c6ccccc6-7)n5)c4)c32)c1[2H]. The molecule has 0 fully saturated rings. The van der Waals surface area contributed by atoms with Gasteiger partial charge in [0.1, 0.15) is 5.58 Å². The van der Waals surface area contributed by atoms with Crippen LogP contribution in [0.25, 0.3) is 94.7 Å². The van der Waals surface area contributed by atoms with Gasteiger partial charge in [0, 0.05) is 49.3 Å². The number of hydrogen-bond donors (Lipinski definition) is 0. The minimum atomic E-state index is -0.534. The summed E-state index contributed by atoms with van der Waals surface area (Å²) in [7, 11) is 0. The van der Waals surface area contributed by atoms with Crippen LogP contribution in [0.4, 0.5) is 0 Å². The Morgan fingerprint density at radius 3 is 2.06 bits per heavy atom. The van der Waals surface area contributed by atoms with Gasteiger partial charge in [0.15, 0.2) is 23.1 Å². The lowest BCUT2D eigenvalue weighted by Crippen LogP contribution is -2.15. The van der Waals surface area contributed by atoms with Gasteiger partial charge in [0.2, 0.25) is 0 Å². The first kappa shape index (κ1) is 21.5. The largest absolute Gasteiger partial charge is 0.454 e. The number of para-hydroxylation sites is 2. The Morgan fingerprint density at radius 1 is 0.547 bits per heavy atom. The van der Waals surface area contributed by atoms with Crippen LogP contribution in [0.3, 0.4) is 0 Å². The molecule has 0 saturated carbocycles. The van der Waals surface area contributed by atoms with E-state index in [9.17, 15) is 4.11 Å². The molecule has 1 aliphatic carbocycles. The van der Waals surface area contributed by atoms with Crippen LogP contribution in [0.2, 0.25) is 0 Å². The van der Waals surface area contributed by atoms with Crippen molar-refractivity contribution in [2.45, 2.75) is 19.3 Å². The van der Waals surface area contributed by atoms with Crippen LogP contribution < -0.4 is 0 Å². The Labute approximate surface area is 319 Å². The summed E-state index contributed by atoms with van der Waals surface area (Å²) in [6.45, 7) is 4.42. The summed E-state index contributed by atoms with van der Waals surface area (Å²) in [6.07, 6.45) is 0. The summed E-state index contributed by atoms with van der Waals surface area (Å²) in [5, 5.41) is -0.131. The van der Waals surface area contributed by atoms with E-state index in [1.165, 1.54) is 11.1 Å². The fraction of sp³-hybridized carbons (Fsp3) is 0.0625. The zero-order valence-electron chi connectivity index (χ0n) is 38.4. The second-order valence-electron chi connectivity index (χ2n) is 13.7. The van der Waals surface area contributed by atoms with E-state index < -0.39 is 60.4 Å². The van der Waals surface area contributed by atoms with Crippen LogP contribution >= 0.6 is 0 Å². The molecule has 0 amide bonds. The van der Waals surface area contributed by atoms with Gasteiger partial charge in [-0.3, -0.25) is 0 Å². The van der Waals surface area contributed by atoms with Gasteiger partial charge in [-0.25, -0.2) is 15.0 Å². The molecule has 0 spiro atoms. The van der Waals surface area contributed by atoms with Gasteiger partial charge >= 0.3 is 0 Å². The van der Waals surface area contributed by atoms with Crippen molar-refractivity contribution in [2.24, 2.45) is 0 Å². The zero-order chi connectivity index (χ0) is 44.0. The van der Waals surface area contributed by atoms with Gasteiger partial charge in [0.05, 0.1) is 24.7 Å². The van der Waals surface area contributed by atoms with Gasteiger partial charge in [-0.15, -0.1) is 0 Å². The molecule has 0 N–H and O–H groups in total. The molecule has 0 saturated heterocycles. The minimum Gasteiger partial charge on any atom is -0.454 e. The summed E-state index contributed by atoms with van der Waals surface area (Å²) >= 11 is 0. The summed E-state index contributed by atoms with van der Waals surface area (Å²) < 4.78 is 96.2. The Kier molecular flexibility index (Phi) is 4.49. The lowest BCUT2D eigenvalue weighted by molar-refractivity contribution is 0.660. The highest BCUT2D eigenvalue weighted by Gasteiger charge is 2.35. The third-order valence-electron chi connectivity index (χ3n) is 10.3. The molecular formula is C48H32N4O. The maximum absolute atomic E-state index is 9.34. The van der Waals surface area contributed by atoms with Gasteiger partial charge in [0.25, 0.3) is 0 Å². The number of hydrogen-bond acceptors (Lipinski definition) is 4. The fourth-order valence-electron chi connectivity index (χ4n) is 7.80. The first-order valence-corrected chi connectivity index (χ1v) is 17.2. The summed E-state index contributed by atoms with van der Waals surface area (Å²) in [5.41, 5.74) is 6.75. The normalized spacial score (nSPS) is 15.9. The molecule has 0 unspecified atom stereocenters. The number of fused-ring (bicyclic) bond motifs is 10. The predicted molar refractivity (Wildman–Crippen MR) is 215 cm³/mol. The third kappa shape index (κ3) is 4.40. The quantitative estimate of drug-likeness (QED) is 0.184. The fourth-order valence-corrected chi connectivity index (χ4v) is 7.80. The van der Waals surface area contributed by atoms with Crippen molar-refractivity contribution in [3.05, 3.63) is 169 Å². The summed E-state index contributed by atoms with van der Waals surface area (Å²) in [5.74, 6) is 1.19. The van der Waals surface area contributed by atoms with Gasteiger partial charge < -0.3 is 8.98 Å². The molecule has 10 aromatic rings. The number of furan rings is 1. The van der Waals surface area contributed by atoms with Crippen LogP contribution in [-0.2, 0) is 5.41 Å². The molecule has 0 atom stereocenters. The van der Waals surface area contributed by atoms with Crippen LogP contribution in [-0.4, -0.2) is 19.5 Å². The van der Waals surface area contributed by atoms with E-state index in [2.05, 4.69) is 44.2 Å². The first-order chi connectivity index (χ1) is 30.2. The first-order valence-electron chi connectivity index (χ1n) is 22.2. The molecule has 5 heteroatoms. The average molecular weight is 691 g/mol. The second-order valence-corrected chi connectivity index (χ2v) is 13.7. The van der Waals surface area contributed by atoms with E-state index in [0.717, 1.165) is 22.3 Å². The Hall–Kier alpha value is -6.85. The number of rotatable bonds is 4. The van der Waals surface area contributed by atoms with E-state index in [0.29, 0.717) is 28.7 Å². The van der Waals surface area contributed by atoms with E-state index in [4.69, 9.17) is 29.0 Å². The highest BCUT2D eigenvalue weighted by Crippen LogP contribution is 2.49.